The lowest BCUT2D eigenvalue weighted by Crippen LogP contribution is -2.17. The van der Waals surface area contributed by atoms with Crippen LogP contribution < -0.4 is 0 Å². The number of hydrogen-bond donors (Lipinski definition) is 0. The number of aromatic nitrogens is 2. The first-order valence-corrected chi connectivity index (χ1v) is 6.46. The fourth-order valence-electron chi connectivity index (χ4n) is 2.07. The standard InChI is InChI=1S/C14H16FN3O/c1-18(8-10-3-2-4-12(15)7-10)9-13-16-14(17-19-13)11-5-6-11/h2-4,7,11H,5-6,8-9H2,1H3. The van der Waals surface area contributed by atoms with E-state index in [1.807, 2.05) is 18.0 Å². The molecule has 3 rings (SSSR count). The van der Waals surface area contributed by atoms with Crippen molar-refractivity contribution in [3.8, 4) is 0 Å². The first-order valence-electron chi connectivity index (χ1n) is 6.46. The molecule has 1 saturated carbocycles. The minimum absolute atomic E-state index is 0.209. The van der Waals surface area contributed by atoms with Crippen LogP contribution >= 0.6 is 0 Å². The zero-order chi connectivity index (χ0) is 13.2. The maximum atomic E-state index is 13.1. The second-order valence-corrected chi connectivity index (χ2v) is 5.12. The Morgan fingerprint density at radius 1 is 1.37 bits per heavy atom. The first kappa shape index (κ1) is 12.3. The van der Waals surface area contributed by atoms with Crippen molar-refractivity contribution in [1.29, 1.82) is 0 Å². The normalized spacial score (nSPS) is 15.1. The Balaban J connectivity index is 1.59. The molecule has 0 saturated heterocycles. The molecule has 5 heteroatoms. The molecule has 19 heavy (non-hydrogen) atoms. The summed E-state index contributed by atoms with van der Waals surface area (Å²) in [5, 5.41) is 3.98. The topological polar surface area (TPSA) is 42.2 Å². The van der Waals surface area contributed by atoms with E-state index >= 15 is 0 Å². The van der Waals surface area contributed by atoms with Gasteiger partial charge in [0.2, 0.25) is 5.89 Å². The Morgan fingerprint density at radius 2 is 2.21 bits per heavy atom. The summed E-state index contributed by atoms with van der Waals surface area (Å²) in [6.07, 6.45) is 2.33. The maximum Gasteiger partial charge on any atom is 0.240 e. The summed E-state index contributed by atoms with van der Waals surface area (Å²) in [5.74, 6) is 1.75. The van der Waals surface area contributed by atoms with Gasteiger partial charge in [-0.1, -0.05) is 17.3 Å². The third-order valence-corrected chi connectivity index (χ3v) is 3.17. The Kier molecular flexibility index (Phi) is 3.29. The molecule has 0 amide bonds. The molecule has 4 nitrogen and oxygen atoms in total. The van der Waals surface area contributed by atoms with E-state index in [0.717, 1.165) is 24.2 Å². The molecule has 1 heterocycles. The molecule has 0 atom stereocenters. The van der Waals surface area contributed by atoms with E-state index in [9.17, 15) is 4.39 Å². The number of rotatable bonds is 5. The van der Waals surface area contributed by atoms with Gasteiger partial charge in [-0.25, -0.2) is 4.39 Å². The zero-order valence-corrected chi connectivity index (χ0v) is 10.8. The van der Waals surface area contributed by atoms with Gasteiger partial charge in [-0.05, 0) is 37.6 Å². The minimum atomic E-state index is -0.209. The third kappa shape index (κ3) is 3.17. The Hall–Kier alpha value is -1.75. The van der Waals surface area contributed by atoms with E-state index in [0.29, 0.717) is 24.9 Å². The summed E-state index contributed by atoms with van der Waals surface area (Å²) >= 11 is 0. The summed E-state index contributed by atoms with van der Waals surface area (Å²) < 4.78 is 18.3. The highest BCUT2D eigenvalue weighted by molar-refractivity contribution is 5.16. The first-order chi connectivity index (χ1) is 9.20. The Labute approximate surface area is 111 Å². The van der Waals surface area contributed by atoms with E-state index in [4.69, 9.17) is 4.52 Å². The predicted molar refractivity (Wildman–Crippen MR) is 67.8 cm³/mol. The average molecular weight is 261 g/mol. The molecule has 0 N–H and O–H groups in total. The molecule has 0 aliphatic heterocycles. The van der Waals surface area contributed by atoms with Crippen molar-refractivity contribution in [2.45, 2.75) is 31.8 Å². The van der Waals surface area contributed by atoms with Crippen molar-refractivity contribution in [2.24, 2.45) is 0 Å². The third-order valence-electron chi connectivity index (χ3n) is 3.17. The van der Waals surface area contributed by atoms with E-state index in [1.54, 1.807) is 12.1 Å². The fourth-order valence-corrected chi connectivity index (χ4v) is 2.07. The van der Waals surface area contributed by atoms with Gasteiger partial charge in [-0.3, -0.25) is 4.90 Å². The monoisotopic (exact) mass is 261 g/mol. The minimum Gasteiger partial charge on any atom is -0.338 e. The highest BCUT2D eigenvalue weighted by Crippen LogP contribution is 2.38. The highest BCUT2D eigenvalue weighted by Gasteiger charge is 2.28. The molecule has 0 bridgehead atoms. The van der Waals surface area contributed by atoms with E-state index in [2.05, 4.69) is 10.1 Å². The summed E-state index contributed by atoms with van der Waals surface area (Å²) in [4.78, 5) is 6.40. The molecule has 0 radical (unpaired) electrons. The van der Waals surface area contributed by atoms with Crippen molar-refractivity contribution in [1.82, 2.24) is 15.0 Å². The summed E-state index contributed by atoms with van der Waals surface area (Å²) in [5.41, 5.74) is 0.935. The van der Waals surface area contributed by atoms with Crippen molar-refractivity contribution < 1.29 is 8.91 Å². The molecule has 1 aliphatic carbocycles. The van der Waals surface area contributed by atoms with Gasteiger partial charge < -0.3 is 4.52 Å². The van der Waals surface area contributed by atoms with Crippen LogP contribution in [0.2, 0.25) is 0 Å². The van der Waals surface area contributed by atoms with Crippen LogP contribution in [-0.2, 0) is 13.1 Å². The molecular formula is C14H16FN3O. The van der Waals surface area contributed by atoms with Crippen LogP contribution in [0, 0.1) is 5.82 Å². The molecule has 1 aliphatic rings. The summed E-state index contributed by atoms with van der Waals surface area (Å²) in [6.45, 7) is 1.23. The lowest BCUT2D eigenvalue weighted by molar-refractivity contribution is 0.260. The van der Waals surface area contributed by atoms with Gasteiger partial charge in [-0.2, -0.15) is 4.98 Å². The number of nitrogens with zero attached hydrogens (tertiary/aromatic N) is 3. The largest absolute Gasteiger partial charge is 0.338 e. The predicted octanol–water partition coefficient (Wildman–Crippen LogP) is 2.72. The SMILES string of the molecule is CN(Cc1cccc(F)c1)Cc1nc(C2CC2)no1. The number of benzene rings is 1. The molecule has 2 aromatic rings. The fraction of sp³-hybridized carbons (Fsp3) is 0.429. The number of hydrogen-bond acceptors (Lipinski definition) is 4. The van der Waals surface area contributed by atoms with Crippen LogP contribution in [-0.4, -0.2) is 22.1 Å². The van der Waals surface area contributed by atoms with Crippen LogP contribution in [0.1, 0.15) is 36.0 Å². The van der Waals surface area contributed by atoms with Gasteiger partial charge in [0, 0.05) is 12.5 Å². The quantitative estimate of drug-likeness (QED) is 0.830. The van der Waals surface area contributed by atoms with Crippen molar-refractivity contribution in [3.63, 3.8) is 0 Å². The zero-order valence-electron chi connectivity index (χ0n) is 10.8. The second-order valence-electron chi connectivity index (χ2n) is 5.12. The van der Waals surface area contributed by atoms with Crippen LogP contribution in [0.3, 0.4) is 0 Å². The smallest absolute Gasteiger partial charge is 0.240 e. The van der Waals surface area contributed by atoms with Gasteiger partial charge in [-0.15, -0.1) is 0 Å². The average Bonchev–Trinajstić information content (AvgIpc) is 3.11. The highest BCUT2D eigenvalue weighted by atomic mass is 19.1. The van der Waals surface area contributed by atoms with Crippen molar-refractivity contribution >= 4 is 0 Å². The Morgan fingerprint density at radius 3 is 2.95 bits per heavy atom. The van der Waals surface area contributed by atoms with Crippen molar-refractivity contribution in [2.75, 3.05) is 7.05 Å². The van der Waals surface area contributed by atoms with E-state index < -0.39 is 0 Å². The molecule has 100 valence electrons. The molecule has 1 aromatic heterocycles. The lowest BCUT2D eigenvalue weighted by atomic mass is 10.2. The van der Waals surface area contributed by atoms with Crippen LogP contribution in [0.5, 0.6) is 0 Å². The van der Waals surface area contributed by atoms with Crippen LogP contribution in [0.25, 0.3) is 0 Å². The van der Waals surface area contributed by atoms with Gasteiger partial charge in [0.1, 0.15) is 5.82 Å². The van der Waals surface area contributed by atoms with Gasteiger partial charge >= 0.3 is 0 Å². The molecular weight excluding hydrogens is 245 g/mol. The maximum absolute atomic E-state index is 13.1. The van der Waals surface area contributed by atoms with Gasteiger partial charge in [0.15, 0.2) is 5.82 Å². The molecule has 1 aromatic carbocycles. The van der Waals surface area contributed by atoms with Gasteiger partial charge in [0.05, 0.1) is 6.54 Å². The van der Waals surface area contributed by atoms with Crippen LogP contribution in [0.15, 0.2) is 28.8 Å². The Bertz CT molecular complexity index is 565. The molecule has 0 spiro atoms. The van der Waals surface area contributed by atoms with Crippen molar-refractivity contribution in [3.05, 3.63) is 47.4 Å². The number of halogens is 1. The van der Waals surface area contributed by atoms with E-state index in [-0.39, 0.29) is 5.82 Å². The lowest BCUT2D eigenvalue weighted by Gasteiger charge is -2.13. The van der Waals surface area contributed by atoms with Crippen LogP contribution in [0.4, 0.5) is 4.39 Å². The van der Waals surface area contributed by atoms with E-state index in [1.165, 1.54) is 6.07 Å². The summed E-state index contributed by atoms with van der Waals surface area (Å²) in [7, 11) is 1.95. The molecule has 1 fully saturated rings. The molecule has 0 unspecified atom stereocenters. The second kappa shape index (κ2) is 5.09. The van der Waals surface area contributed by atoms with Gasteiger partial charge in [0.25, 0.3) is 0 Å². The summed E-state index contributed by atoms with van der Waals surface area (Å²) in [6, 6.07) is 6.61.